The zero-order chi connectivity index (χ0) is 17.5. The molecule has 0 atom stereocenters. The average molecular weight is 340 g/mol. The molecule has 0 aromatic heterocycles. The second-order valence-electron chi connectivity index (χ2n) is 6.70. The largest absolute Gasteiger partial charge is 0.356 e. The molecule has 5 nitrogen and oxygen atoms in total. The molecule has 0 saturated heterocycles. The second-order valence-corrected chi connectivity index (χ2v) is 8.60. The minimum absolute atomic E-state index is 0.115. The molecular formula is C17H28N2O3S. The first kappa shape index (κ1) is 19.6. The van der Waals surface area contributed by atoms with E-state index in [1.54, 1.807) is 0 Å². The Balaban J connectivity index is 2.33. The molecule has 0 heterocycles. The van der Waals surface area contributed by atoms with Crippen LogP contribution in [0.2, 0.25) is 0 Å². The van der Waals surface area contributed by atoms with Crippen LogP contribution in [-0.2, 0) is 21.2 Å². The summed E-state index contributed by atoms with van der Waals surface area (Å²) in [7, 11) is -3.33. The van der Waals surface area contributed by atoms with E-state index >= 15 is 0 Å². The Morgan fingerprint density at radius 3 is 2.30 bits per heavy atom. The fraction of sp³-hybridized carbons (Fsp3) is 0.588. The summed E-state index contributed by atoms with van der Waals surface area (Å²) >= 11 is 0. The summed E-state index contributed by atoms with van der Waals surface area (Å²) in [5.74, 6) is -0.115. The van der Waals surface area contributed by atoms with E-state index in [2.05, 4.69) is 17.4 Å². The monoisotopic (exact) mass is 340 g/mol. The van der Waals surface area contributed by atoms with E-state index in [0.29, 0.717) is 6.54 Å². The van der Waals surface area contributed by atoms with Gasteiger partial charge in [-0.05, 0) is 39.2 Å². The Morgan fingerprint density at radius 1 is 1.17 bits per heavy atom. The maximum Gasteiger partial charge on any atom is 0.221 e. The number of amides is 1. The maximum absolute atomic E-state index is 11.9. The summed E-state index contributed by atoms with van der Waals surface area (Å²) < 4.78 is 25.0. The van der Waals surface area contributed by atoms with Gasteiger partial charge in [0.05, 0.1) is 6.26 Å². The Morgan fingerprint density at radius 2 is 1.78 bits per heavy atom. The van der Waals surface area contributed by atoms with Crippen LogP contribution in [0.5, 0.6) is 0 Å². The number of aryl methyl sites for hydroxylation is 1. The Bertz CT molecular complexity index is 592. The lowest BCUT2D eigenvalue weighted by atomic mass is 10.1. The number of hydrogen-bond acceptors (Lipinski definition) is 3. The molecule has 1 amide bonds. The number of carbonyl (C=O) groups excluding carboxylic acids is 1. The maximum atomic E-state index is 11.9. The van der Waals surface area contributed by atoms with Crippen LogP contribution < -0.4 is 5.32 Å². The van der Waals surface area contributed by atoms with Crippen molar-refractivity contribution in [3.63, 3.8) is 0 Å². The van der Waals surface area contributed by atoms with Crippen LogP contribution in [-0.4, -0.2) is 43.5 Å². The molecule has 1 aromatic rings. The van der Waals surface area contributed by atoms with Gasteiger partial charge in [-0.2, -0.15) is 4.31 Å². The number of carbonyl (C=O) groups is 1. The van der Waals surface area contributed by atoms with Gasteiger partial charge in [-0.15, -0.1) is 0 Å². The Kier molecular flexibility index (Phi) is 7.22. The summed E-state index contributed by atoms with van der Waals surface area (Å²) in [5.41, 5.74) is 0.721. The minimum atomic E-state index is -3.33. The smallest absolute Gasteiger partial charge is 0.221 e. The van der Waals surface area contributed by atoms with Gasteiger partial charge in [0, 0.05) is 25.0 Å². The molecule has 0 saturated carbocycles. The van der Waals surface area contributed by atoms with E-state index in [4.69, 9.17) is 0 Å². The normalized spacial score (nSPS) is 12.4. The van der Waals surface area contributed by atoms with Crippen LogP contribution >= 0.6 is 0 Å². The molecule has 0 radical (unpaired) electrons. The van der Waals surface area contributed by atoms with Gasteiger partial charge in [-0.1, -0.05) is 30.3 Å². The van der Waals surface area contributed by atoms with Crippen LogP contribution in [0.25, 0.3) is 0 Å². The lowest BCUT2D eigenvalue weighted by Gasteiger charge is -2.33. The quantitative estimate of drug-likeness (QED) is 0.738. The molecule has 130 valence electrons. The van der Waals surface area contributed by atoms with E-state index in [0.717, 1.165) is 12.8 Å². The summed E-state index contributed by atoms with van der Waals surface area (Å²) in [6, 6.07) is 10.1. The fourth-order valence-corrected chi connectivity index (χ4v) is 3.87. The lowest BCUT2D eigenvalue weighted by Crippen LogP contribution is -2.46. The zero-order valence-electron chi connectivity index (χ0n) is 14.5. The molecular weight excluding hydrogens is 312 g/mol. The predicted molar refractivity (Wildman–Crippen MR) is 93.7 cm³/mol. The number of rotatable bonds is 8. The standard InChI is InChI=1S/C17H28N2O3S/c1-17(2,3)19(23(4,21)22)14-12-16(20)18-13-8-11-15-9-6-5-7-10-15/h5-7,9-10H,8,11-14H2,1-4H3,(H,18,20). The van der Waals surface area contributed by atoms with Crippen molar-refractivity contribution in [3.05, 3.63) is 35.9 Å². The third-order valence-corrected chi connectivity index (χ3v) is 5.03. The van der Waals surface area contributed by atoms with Crippen molar-refractivity contribution in [3.8, 4) is 0 Å². The van der Waals surface area contributed by atoms with Gasteiger partial charge < -0.3 is 5.32 Å². The van der Waals surface area contributed by atoms with Crippen molar-refractivity contribution < 1.29 is 13.2 Å². The molecule has 0 fully saturated rings. The highest BCUT2D eigenvalue weighted by atomic mass is 32.2. The number of hydrogen-bond donors (Lipinski definition) is 1. The number of benzene rings is 1. The molecule has 23 heavy (non-hydrogen) atoms. The molecule has 1 N–H and O–H groups in total. The molecule has 0 aliphatic heterocycles. The minimum Gasteiger partial charge on any atom is -0.356 e. The van der Waals surface area contributed by atoms with Crippen molar-refractivity contribution in [1.29, 1.82) is 0 Å². The Labute approximate surface area is 140 Å². The van der Waals surface area contributed by atoms with Crippen LogP contribution in [0.15, 0.2) is 30.3 Å². The molecule has 0 unspecified atom stereocenters. The third-order valence-electron chi connectivity index (χ3n) is 3.50. The molecule has 1 aromatic carbocycles. The van der Waals surface area contributed by atoms with Crippen molar-refractivity contribution >= 4 is 15.9 Å². The number of nitrogens with zero attached hydrogens (tertiary/aromatic N) is 1. The van der Waals surface area contributed by atoms with Crippen molar-refractivity contribution in [1.82, 2.24) is 9.62 Å². The van der Waals surface area contributed by atoms with Gasteiger partial charge in [0.15, 0.2) is 0 Å². The lowest BCUT2D eigenvalue weighted by molar-refractivity contribution is -0.121. The summed E-state index contributed by atoms with van der Waals surface area (Å²) in [4.78, 5) is 11.9. The van der Waals surface area contributed by atoms with E-state index in [1.807, 2.05) is 39.0 Å². The van der Waals surface area contributed by atoms with Crippen LogP contribution in [0.4, 0.5) is 0 Å². The van der Waals surface area contributed by atoms with Gasteiger partial charge in [0.2, 0.25) is 15.9 Å². The van der Waals surface area contributed by atoms with Gasteiger partial charge in [0.1, 0.15) is 0 Å². The summed E-state index contributed by atoms with van der Waals surface area (Å²) in [6.45, 7) is 6.28. The summed E-state index contributed by atoms with van der Waals surface area (Å²) in [5, 5.41) is 2.85. The number of nitrogens with one attached hydrogen (secondary N) is 1. The van der Waals surface area contributed by atoms with Crippen LogP contribution in [0.1, 0.15) is 39.2 Å². The highest BCUT2D eigenvalue weighted by Crippen LogP contribution is 2.17. The van der Waals surface area contributed by atoms with E-state index in [-0.39, 0.29) is 18.9 Å². The van der Waals surface area contributed by atoms with Gasteiger partial charge in [-0.25, -0.2) is 8.42 Å². The van der Waals surface area contributed by atoms with Gasteiger partial charge in [-0.3, -0.25) is 4.79 Å². The molecule has 0 spiro atoms. The van der Waals surface area contributed by atoms with Crippen molar-refractivity contribution in [2.24, 2.45) is 0 Å². The molecule has 0 bridgehead atoms. The van der Waals surface area contributed by atoms with E-state index in [1.165, 1.54) is 16.1 Å². The number of sulfonamides is 1. The third kappa shape index (κ3) is 7.61. The van der Waals surface area contributed by atoms with Gasteiger partial charge in [0.25, 0.3) is 0 Å². The topological polar surface area (TPSA) is 66.5 Å². The van der Waals surface area contributed by atoms with Crippen molar-refractivity contribution in [2.75, 3.05) is 19.3 Å². The highest BCUT2D eigenvalue weighted by Gasteiger charge is 2.29. The SMILES string of the molecule is CC(C)(C)N(CCC(=O)NCCCc1ccccc1)S(C)(=O)=O. The average Bonchev–Trinajstić information content (AvgIpc) is 2.42. The van der Waals surface area contributed by atoms with E-state index < -0.39 is 15.6 Å². The zero-order valence-corrected chi connectivity index (χ0v) is 15.3. The first-order chi connectivity index (χ1) is 10.6. The van der Waals surface area contributed by atoms with E-state index in [9.17, 15) is 13.2 Å². The van der Waals surface area contributed by atoms with Crippen LogP contribution in [0, 0.1) is 0 Å². The van der Waals surface area contributed by atoms with Crippen LogP contribution in [0.3, 0.4) is 0 Å². The predicted octanol–water partition coefficient (Wildman–Crippen LogP) is 2.19. The molecule has 0 aliphatic carbocycles. The fourth-order valence-electron chi connectivity index (χ4n) is 2.46. The van der Waals surface area contributed by atoms with Gasteiger partial charge >= 0.3 is 0 Å². The molecule has 0 aliphatic rings. The summed E-state index contributed by atoms with van der Waals surface area (Å²) in [6.07, 6.45) is 3.13. The first-order valence-electron chi connectivity index (χ1n) is 7.89. The van der Waals surface area contributed by atoms with Crippen molar-refractivity contribution in [2.45, 2.75) is 45.6 Å². The molecule has 6 heteroatoms. The second kappa shape index (κ2) is 8.45. The highest BCUT2D eigenvalue weighted by molar-refractivity contribution is 7.88. The Hall–Kier alpha value is -1.40. The first-order valence-corrected chi connectivity index (χ1v) is 9.74. The molecule has 1 rings (SSSR count).